The van der Waals surface area contributed by atoms with Crippen LogP contribution in [-0.2, 0) is 22.5 Å². The molecule has 35 heavy (non-hydrogen) atoms. The van der Waals surface area contributed by atoms with Crippen molar-refractivity contribution in [2.75, 3.05) is 26.7 Å². The number of rotatable bonds is 9. The number of likely N-dealkylation sites (tertiary alicyclic amines) is 1. The summed E-state index contributed by atoms with van der Waals surface area (Å²) in [5, 5.41) is 5.18. The smallest absolute Gasteiger partial charge is 0.337 e. The molecule has 1 atom stereocenters. The quantitative estimate of drug-likeness (QED) is 0.412. The Kier molecular flexibility index (Phi) is 7.91. The summed E-state index contributed by atoms with van der Waals surface area (Å²) in [5.74, 6) is 0.0269. The van der Waals surface area contributed by atoms with Gasteiger partial charge in [-0.15, -0.1) is 11.3 Å². The molecule has 8 heteroatoms. The van der Waals surface area contributed by atoms with Gasteiger partial charge in [0.25, 0.3) is 5.91 Å². The molecular formula is C27H35N3O4S. The first-order valence-corrected chi connectivity index (χ1v) is 13.3. The molecule has 1 N–H and O–H groups in total. The Bertz CT molecular complexity index is 1030. The van der Waals surface area contributed by atoms with Gasteiger partial charge in [-0.2, -0.15) is 0 Å². The number of nitrogens with one attached hydrogen (secondary N) is 1. The first-order valence-electron chi connectivity index (χ1n) is 12.4. The summed E-state index contributed by atoms with van der Waals surface area (Å²) in [6, 6.07) is 11.3. The molecule has 2 aliphatic heterocycles. The van der Waals surface area contributed by atoms with Crippen LogP contribution < -0.4 is 5.32 Å². The number of thiophene rings is 1. The summed E-state index contributed by atoms with van der Waals surface area (Å²) in [4.78, 5) is 43.3. The molecule has 2 fully saturated rings. The lowest BCUT2D eigenvalue weighted by Gasteiger charge is -2.41. The number of carbonyl (C=O) groups is 3. The second-order valence-corrected chi connectivity index (χ2v) is 11.1. The summed E-state index contributed by atoms with van der Waals surface area (Å²) >= 11 is 1.65. The third-order valence-electron chi connectivity index (χ3n) is 7.16. The summed E-state index contributed by atoms with van der Waals surface area (Å²) in [7, 11) is 1.38. The van der Waals surface area contributed by atoms with Crippen molar-refractivity contribution in [2.45, 2.75) is 51.6 Å². The van der Waals surface area contributed by atoms with Gasteiger partial charge in [0.15, 0.2) is 0 Å². The fraction of sp³-hybridized carbons (Fsp3) is 0.519. The highest BCUT2D eigenvalue weighted by Gasteiger charge is 2.55. The van der Waals surface area contributed by atoms with E-state index in [0.29, 0.717) is 30.9 Å². The number of piperidine rings is 1. The molecule has 188 valence electrons. The fourth-order valence-electron chi connectivity index (χ4n) is 5.46. The van der Waals surface area contributed by atoms with Gasteiger partial charge < -0.3 is 10.1 Å². The molecular weight excluding hydrogens is 462 g/mol. The van der Waals surface area contributed by atoms with Gasteiger partial charge in [0, 0.05) is 18.0 Å². The molecule has 2 saturated heterocycles. The van der Waals surface area contributed by atoms with Crippen LogP contribution >= 0.6 is 11.3 Å². The summed E-state index contributed by atoms with van der Waals surface area (Å²) in [6.07, 6.45) is 3.07. The predicted octanol–water partition coefficient (Wildman–Crippen LogP) is 4.33. The molecule has 3 heterocycles. The molecule has 0 unspecified atom stereocenters. The third-order valence-corrected chi connectivity index (χ3v) is 8.10. The molecule has 0 radical (unpaired) electrons. The van der Waals surface area contributed by atoms with Gasteiger partial charge in [-0.05, 0) is 79.8 Å². The Labute approximate surface area is 211 Å². The molecule has 3 amide bonds. The van der Waals surface area contributed by atoms with E-state index in [9.17, 15) is 14.4 Å². The van der Waals surface area contributed by atoms with Crippen molar-refractivity contribution < 1.29 is 19.1 Å². The highest BCUT2D eigenvalue weighted by Crippen LogP contribution is 2.38. The molecule has 2 aromatic rings. The summed E-state index contributed by atoms with van der Waals surface area (Å²) < 4.78 is 4.77. The molecule has 0 spiro atoms. The Balaban J connectivity index is 1.40. The van der Waals surface area contributed by atoms with E-state index in [2.05, 4.69) is 24.1 Å². The van der Waals surface area contributed by atoms with Gasteiger partial charge in [-0.1, -0.05) is 32.0 Å². The predicted molar refractivity (Wildman–Crippen MR) is 136 cm³/mol. The summed E-state index contributed by atoms with van der Waals surface area (Å²) in [5.41, 5.74) is 0.872. The van der Waals surface area contributed by atoms with Gasteiger partial charge in [-0.3, -0.25) is 14.6 Å². The number of urea groups is 1. The number of hydrogen-bond donors (Lipinski definition) is 1. The van der Waals surface area contributed by atoms with Crippen LogP contribution in [0.4, 0.5) is 4.79 Å². The van der Waals surface area contributed by atoms with Crippen LogP contribution in [0.1, 0.15) is 53.9 Å². The number of nitrogens with zero attached hydrogens (tertiary/aromatic N) is 2. The monoisotopic (exact) mass is 497 g/mol. The fourth-order valence-corrected chi connectivity index (χ4v) is 6.15. The SMILES string of the molecule is COC(=O)c1ccc(CN2CCC([C@]3(CC(C)C)NC(=O)N(CCc4cccs4)C3=O)CC2)cc1. The molecule has 1 aromatic heterocycles. The van der Waals surface area contributed by atoms with Gasteiger partial charge in [0.1, 0.15) is 5.54 Å². The van der Waals surface area contributed by atoms with Crippen molar-refractivity contribution in [3.8, 4) is 0 Å². The second kappa shape index (κ2) is 10.9. The molecule has 0 bridgehead atoms. The zero-order chi connectivity index (χ0) is 25.0. The average molecular weight is 498 g/mol. The van der Waals surface area contributed by atoms with E-state index in [0.717, 1.165) is 38.0 Å². The number of methoxy groups -OCH3 is 1. The first-order chi connectivity index (χ1) is 16.8. The molecule has 0 aliphatic carbocycles. The summed E-state index contributed by atoms with van der Waals surface area (Å²) in [6.45, 7) is 7.17. The standard InChI is InChI=1S/C27H35N3O4S/c1-19(2)17-27(25(32)30(26(33)28-27)15-12-23-5-4-16-35-23)22-10-13-29(14-11-22)18-20-6-8-21(9-7-20)24(31)34-3/h4-9,16,19,22H,10-15,17-18H2,1-3H3,(H,28,33)/t27-/m0/s1. The van der Waals surface area contributed by atoms with Crippen LogP contribution in [0.2, 0.25) is 0 Å². The minimum absolute atomic E-state index is 0.0513. The number of ether oxygens (including phenoxy) is 1. The number of imide groups is 1. The van der Waals surface area contributed by atoms with Crippen molar-refractivity contribution in [3.63, 3.8) is 0 Å². The van der Waals surface area contributed by atoms with E-state index >= 15 is 0 Å². The molecule has 4 rings (SSSR count). The Hall–Kier alpha value is -2.71. The minimum atomic E-state index is -0.811. The van der Waals surface area contributed by atoms with Gasteiger partial charge >= 0.3 is 12.0 Å². The zero-order valence-corrected chi connectivity index (χ0v) is 21.6. The lowest BCUT2D eigenvalue weighted by Crippen LogP contribution is -2.56. The Morgan fingerprint density at radius 2 is 1.89 bits per heavy atom. The topological polar surface area (TPSA) is 79.0 Å². The maximum absolute atomic E-state index is 13.7. The first kappa shape index (κ1) is 25.4. The second-order valence-electron chi connectivity index (χ2n) is 10.0. The van der Waals surface area contributed by atoms with Crippen LogP contribution in [0, 0.1) is 11.8 Å². The van der Waals surface area contributed by atoms with Crippen LogP contribution in [-0.4, -0.2) is 60.0 Å². The van der Waals surface area contributed by atoms with Gasteiger partial charge in [0.2, 0.25) is 0 Å². The number of benzene rings is 1. The van der Waals surface area contributed by atoms with Crippen molar-refractivity contribution >= 4 is 29.2 Å². The van der Waals surface area contributed by atoms with Crippen molar-refractivity contribution in [2.24, 2.45) is 11.8 Å². The largest absolute Gasteiger partial charge is 0.465 e. The average Bonchev–Trinajstić information content (AvgIpc) is 3.45. The lowest BCUT2D eigenvalue weighted by atomic mass is 9.73. The van der Waals surface area contributed by atoms with Gasteiger partial charge in [-0.25, -0.2) is 9.59 Å². The highest BCUT2D eigenvalue weighted by molar-refractivity contribution is 7.09. The van der Waals surface area contributed by atoms with E-state index < -0.39 is 5.54 Å². The number of hydrogen-bond acceptors (Lipinski definition) is 6. The van der Waals surface area contributed by atoms with E-state index in [1.165, 1.54) is 16.9 Å². The maximum atomic E-state index is 13.7. The van der Waals surface area contributed by atoms with Gasteiger partial charge in [0.05, 0.1) is 12.7 Å². The minimum Gasteiger partial charge on any atom is -0.465 e. The number of carbonyl (C=O) groups excluding carboxylic acids is 3. The van der Waals surface area contributed by atoms with E-state index in [1.807, 2.05) is 29.6 Å². The maximum Gasteiger partial charge on any atom is 0.337 e. The van der Waals surface area contributed by atoms with Crippen LogP contribution in [0.5, 0.6) is 0 Å². The third kappa shape index (κ3) is 5.59. The van der Waals surface area contributed by atoms with E-state index in [4.69, 9.17) is 4.74 Å². The van der Waals surface area contributed by atoms with Crippen molar-refractivity contribution in [1.29, 1.82) is 0 Å². The molecule has 2 aliphatic rings. The van der Waals surface area contributed by atoms with Crippen LogP contribution in [0.25, 0.3) is 0 Å². The zero-order valence-electron chi connectivity index (χ0n) is 20.8. The van der Waals surface area contributed by atoms with Crippen LogP contribution in [0.3, 0.4) is 0 Å². The Morgan fingerprint density at radius 1 is 1.17 bits per heavy atom. The number of esters is 1. The molecule has 0 saturated carbocycles. The van der Waals surface area contributed by atoms with Crippen LogP contribution in [0.15, 0.2) is 41.8 Å². The Morgan fingerprint density at radius 3 is 2.49 bits per heavy atom. The normalized spacial score (nSPS) is 21.5. The van der Waals surface area contributed by atoms with Crippen molar-refractivity contribution in [1.82, 2.24) is 15.1 Å². The van der Waals surface area contributed by atoms with E-state index in [1.54, 1.807) is 23.5 Å². The molecule has 1 aromatic carbocycles. The number of amides is 3. The lowest BCUT2D eigenvalue weighted by molar-refractivity contribution is -0.134. The van der Waals surface area contributed by atoms with Crippen molar-refractivity contribution in [3.05, 3.63) is 57.8 Å². The van der Waals surface area contributed by atoms with E-state index in [-0.39, 0.29) is 23.8 Å². The molecule has 7 nitrogen and oxygen atoms in total. The highest BCUT2D eigenvalue weighted by atomic mass is 32.1.